The average molecular weight is 331 g/mol. The van der Waals surface area contributed by atoms with Crippen molar-refractivity contribution in [3.63, 3.8) is 0 Å². The number of rotatable bonds is 5. The SMILES string of the molecule is COc1ccc(Br)cc1CNc1ccc(CC#N)cc1. The molecule has 2 aromatic carbocycles. The highest BCUT2D eigenvalue weighted by Crippen LogP contribution is 2.24. The van der Waals surface area contributed by atoms with Gasteiger partial charge in [-0.15, -0.1) is 0 Å². The summed E-state index contributed by atoms with van der Waals surface area (Å²) in [6, 6.07) is 16.0. The standard InChI is InChI=1S/C16H15BrN2O/c1-20-16-7-4-14(17)10-13(16)11-19-15-5-2-12(3-6-15)8-9-18/h2-7,10,19H,8,11H2,1H3. The Labute approximate surface area is 127 Å². The van der Waals surface area contributed by atoms with E-state index in [1.807, 2.05) is 42.5 Å². The number of anilines is 1. The van der Waals surface area contributed by atoms with Crippen molar-refractivity contribution >= 4 is 21.6 Å². The molecule has 0 aliphatic carbocycles. The van der Waals surface area contributed by atoms with Gasteiger partial charge in [-0.3, -0.25) is 0 Å². The summed E-state index contributed by atoms with van der Waals surface area (Å²) in [5, 5.41) is 12.0. The number of hydrogen-bond acceptors (Lipinski definition) is 3. The van der Waals surface area contributed by atoms with Crippen LogP contribution in [0.15, 0.2) is 46.9 Å². The lowest BCUT2D eigenvalue weighted by atomic mass is 10.1. The molecule has 102 valence electrons. The summed E-state index contributed by atoms with van der Waals surface area (Å²) in [6.07, 6.45) is 0.444. The maximum atomic E-state index is 8.64. The highest BCUT2D eigenvalue weighted by molar-refractivity contribution is 9.10. The second-order valence-electron chi connectivity index (χ2n) is 4.34. The summed E-state index contributed by atoms with van der Waals surface area (Å²) in [4.78, 5) is 0. The first-order valence-electron chi connectivity index (χ1n) is 6.25. The number of halogens is 1. The van der Waals surface area contributed by atoms with Gasteiger partial charge in [-0.1, -0.05) is 28.1 Å². The Kier molecular flexibility index (Phi) is 5.03. The maximum absolute atomic E-state index is 8.64. The average Bonchev–Trinajstić information content (AvgIpc) is 2.47. The van der Waals surface area contributed by atoms with E-state index in [-0.39, 0.29) is 0 Å². The number of nitriles is 1. The lowest BCUT2D eigenvalue weighted by molar-refractivity contribution is 0.410. The van der Waals surface area contributed by atoms with Gasteiger partial charge in [0.2, 0.25) is 0 Å². The molecule has 0 saturated carbocycles. The molecule has 2 rings (SSSR count). The Balaban J connectivity index is 2.05. The van der Waals surface area contributed by atoms with Gasteiger partial charge in [0.1, 0.15) is 5.75 Å². The van der Waals surface area contributed by atoms with E-state index >= 15 is 0 Å². The summed E-state index contributed by atoms with van der Waals surface area (Å²) in [6.45, 7) is 0.681. The first-order chi connectivity index (χ1) is 9.72. The zero-order valence-electron chi connectivity index (χ0n) is 11.2. The number of ether oxygens (including phenoxy) is 1. The molecule has 4 heteroatoms. The van der Waals surface area contributed by atoms with Gasteiger partial charge in [-0.25, -0.2) is 0 Å². The fourth-order valence-corrected chi connectivity index (χ4v) is 2.32. The van der Waals surface area contributed by atoms with Crippen LogP contribution >= 0.6 is 15.9 Å². The van der Waals surface area contributed by atoms with Crippen molar-refractivity contribution in [2.45, 2.75) is 13.0 Å². The molecule has 0 aromatic heterocycles. The van der Waals surface area contributed by atoms with Crippen LogP contribution in [0.5, 0.6) is 5.75 Å². The van der Waals surface area contributed by atoms with Crippen molar-refractivity contribution in [2.24, 2.45) is 0 Å². The summed E-state index contributed by atoms with van der Waals surface area (Å²) >= 11 is 3.46. The smallest absolute Gasteiger partial charge is 0.123 e. The minimum absolute atomic E-state index is 0.444. The molecule has 2 aromatic rings. The Morgan fingerprint density at radius 2 is 1.95 bits per heavy atom. The van der Waals surface area contributed by atoms with Crippen molar-refractivity contribution in [3.05, 3.63) is 58.1 Å². The van der Waals surface area contributed by atoms with Crippen LogP contribution in [0.4, 0.5) is 5.69 Å². The molecule has 20 heavy (non-hydrogen) atoms. The molecule has 0 fully saturated rings. The zero-order chi connectivity index (χ0) is 14.4. The third kappa shape index (κ3) is 3.75. The highest BCUT2D eigenvalue weighted by atomic mass is 79.9. The van der Waals surface area contributed by atoms with Crippen molar-refractivity contribution in [1.29, 1.82) is 5.26 Å². The first kappa shape index (κ1) is 14.4. The Hall–Kier alpha value is -1.99. The highest BCUT2D eigenvalue weighted by Gasteiger charge is 2.03. The molecule has 0 unspecified atom stereocenters. The van der Waals surface area contributed by atoms with Gasteiger partial charge in [0.15, 0.2) is 0 Å². The minimum Gasteiger partial charge on any atom is -0.496 e. The van der Waals surface area contributed by atoms with Crippen LogP contribution in [0.25, 0.3) is 0 Å². The zero-order valence-corrected chi connectivity index (χ0v) is 12.8. The van der Waals surface area contributed by atoms with Crippen LogP contribution in [-0.2, 0) is 13.0 Å². The Bertz CT molecular complexity index is 617. The molecule has 0 amide bonds. The van der Waals surface area contributed by atoms with Gasteiger partial charge in [-0.2, -0.15) is 5.26 Å². The number of methoxy groups -OCH3 is 1. The van der Waals surface area contributed by atoms with Crippen LogP contribution < -0.4 is 10.1 Å². The van der Waals surface area contributed by atoms with Gasteiger partial charge < -0.3 is 10.1 Å². The first-order valence-corrected chi connectivity index (χ1v) is 7.04. The van der Waals surface area contributed by atoms with E-state index < -0.39 is 0 Å². The van der Waals surface area contributed by atoms with E-state index in [2.05, 4.69) is 27.3 Å². The van der Waals surface area contributed by atoms with Crippen LogP contribution in [-0.4, -0.2) is 7.11 Å². The third-order valence-corrected chi connectivity index (χ3v) is 3.46. The van der Waals surface area contributed by atoms with Crippen LogP contribution in [0.1, 0.15) is 11.1 Å². The van der Waals surface area contributed by atoms with E-state index in [0.29, 0.717) is 13.0 Å². The summed E-state index contributed by atoms with van der Waals surface area (Å²) in [5.41, 5.74) is 3.13. The van der Waals surface area contributed by atoms with Gasteiger partial charge in [0.25, 0.3) is 0 Å². The quantitative estimate of drug-likeness (QED) is 0.896. The topological polar surface area (TPSA) is 45.0 Å². The lowest BCUT2D eigenvalue weighted by Crippen LogP contribution is -2.01. The summed E-state index contributed by atoms with van der Waals surface area (Å²) < 4.78 is 6.37. The molecule has 0 bridgehead atoms. The molecular weight excluding hydrogens is 316 g/mol. The third-order valence-electron chi connectivity index (χ3n) is 2.96. The Morgan fingerprint density at radius 1 is 1.20 bits per heavy atom. The van der Waals surface area contributed by atoms with E-state index in [0.717, 1.165) is 27.0 Å². The molecule has 0 radical (unpaired) electrons. The van der Waals surface area contributed by atoms with Crippen molar-refractivity contribution in [3.8, 4) is 11.8 Å². The normalized spacial score (nSPS) is 9.85. The minimum atomic E-state index is 0.444. The lowest BCUT2D eigenvalue weighted by Gasteiger charge is -2.11. The summed E-state index contributed by atoms with van der Waals surface area (Å²) in [5.74, 6) is 0.863. The fraction of sp³-hybridized carbons (Fsp3) is 0.188. The maximum Gasteiger partial charge on any atom is 0.123 e. The van der Waals surface area contributed by atoms with Gasteiger partial charge in [0, 0.05) is 22.3 Å². The second kappa shape index (κ2) is 6.97. The predicted molar refractivity (Wildman–Crippen MR) is 83.8 cm³/mol. The molecular formula is C16H15BrN2O. The number of nitrogens with one attached hydrogen (secondary N) is 1. The molecule has 1 N–H and O–H groups in total. The van der Waals surface area contributed by atoms with Crippen LogP contribution in [0.3, 0.4) is 0 Å². The van der Waals surface area contributed by atoms with Crippen molar-refractivity contribution in [2.75, 3.05) is 12.4 Å². The molecule has 0 heterocycles. The fourth-order valence-electron chi connectivity index (χ4n) is 1.91. The largest absolute Gasteiger partial charge is 0.496 e. The number of nitrogens with zero attached hydrogens (tertiary/aromatic N) is 1. The van der Waals surface area contributed by atoms with Crippen LogP contribution in [0, 0.1) is 11.3 Å². The van der Waals surface area contributed by atoms with E-state index in [1.165, 1.54) is 0 Å². The molecule has 3 nitrogen and oxygen atoms in total. The second-order valence-corrected chi connectivity index (χ2v) is 5.26. The summed E-state index contributed by atoms with van der Waals surface area (Å²) in [7, 11) is 1.67. The molecule has 0 atom stereocenters. The molecule has 0 spiro atoms. The molecule has 0 aliphatic rings. The molecule has 0 saturated heterocycles. The van der Waals surface area contributed by atoms with E-state index in [9.17, 15) is 0 Å². The van der Waals surface area contributed by atoms with E-state index in [1.54, 1.807) is 7.11 Å². The van der Waals surface area contributed by atoms with Gasteiger partial charge >= 0.3 is 0 Å². The Morgan fingerprint density at radius 3 is 2.60 bits per heavy atom. The molecule has 0 aliphatic heterocycles. The number of benzene rings is 2. The van der Waals surface area contributed by atoms with Gasteiger partial charge in [-0.05, 0) is 35.9 Å². The van der Waals surface area contributed by atoms with Crippen molar-refractivity contribution < 1.29 is 4.74 Å². The van der Waals surface area contributed by atoms with Crippen molar-refractivity contribution in [1.82, 2.24) is 0 Å². The van der Waals surface area contributed by atoms with Crippen LogP contribution in [0.2, 0.25) is 0 Å². The predicted octanol–water partition coefficient (Wildman–Crippen LogP) is 4.14. The van der Waals surface area contributed by atoms with E-state index in [4.69, 9.17) is 10.00 Å². The number of hydrogen-bond donors (Lipinski definition) is 1. The monoisotopic (exact) mass is 330 g/mol. The van der Waals surface area contributed by atoms with Gasteiger partial charge in [0.05, 0.1) is 19.6 Å².